The normalized spacial score (nSPS) is 9.87. The Bertz CT molecular complexity index is 462. The third-order valence-corrected chi connectivity index (χ3v) is 2.30. The summed E-state index contributed by atoms with van der Waals surface area (Å²) < 4.78 is 2.12. The van der Waals surface area contributed by atoms with Gasteiger partial charge in [0.25, 0.3) is 0 Å². The van der Waals surface area contributed by atoms with Gasteiger partial charge in [0, 0.05) is 24.7 Å². The average Bonchev–Trinajstić information content (AvgIpc) is 2.58. The number of hydrogen-bond donors (Lipinski definition) is 2. The fourth-order valence-electron chi connectivity index (χ4n) is 1.58. The number of fused-ring (bicyclic) bond motifs is 1. The summed E-state index contributed by atoms with van der Waals surface area (Å²) in [5.41, 5.74) is 6.53. The van der Waals surface area contributed by atoms with E-state index in [0.29, 0.717) is 6.42 Å². The van der Waals surface area contributed by atoms with Crippen molar-refractivity contribution in [3.63, 3.8) is 0 Å². The van der Waals surface area contributed by atoms with E-state index in [0.717, 1.165) is 6.54 Å². The summed E-state index contributed by atoms with van der Waals surface area (Å²) >= 11 is 0. The van der Waals surface area contributed by atoms with E-state index in [-0.39, 0.29) is 18.2 Å². The number of halogens is 1. The Morgan fingerprint density at radius 3 is 2.73 bits per heavy atom. The molecule has 0 radical (unpaired) electrons. The Hall–Kier alpha value is -1.48. The highest BCUT2D eigenvalue weighted by Crippen LogP contribution is 2.14. The van der Waals surface area contributed by atoms with Crippen molar-refractivity contribution < 1.29 is 0 Å². The summed E-state index contributed by atoms with van der Waals surface area (Å²) in [6.07, 6.45) is 2.65. The summed E-state index contributed by atoms with van der Waals surface area (Å²) in [5.74, 6) is 0.239. The van der Waals surface area contributed by atoms with E-state index in [2.05, 4.69) is 22.8 Å². The molecule has 3 N–H and O–H groups in total. The van der Waals surface area contributed by atoms with E-state index in [4.69, 9.17) is 11.1 Å². The highest BCUT2D eigenvalue weighted by molar-refractivity contribution is 5.85. The van der Waals surface area contributed by atoms with Gasteiger partial charge in [-0.05, 0) is 17.5 Å². The molecule has 3 nitrogen and oxygen atoms in total. The lowest BCUT2D eigenvalue weighted by molar-refractivity contribution is 0.750. The van der Waals surface area contributed by atoms with Crippen LogP contribution in [0.2, 0.25) is 0 Å². The average molecular weight is 224 g/mol. The predicted molar refractivity (Wildman–Crippen MR) is 65.7 cm³/mol. The van der Waals surface area contributed by atoms with Crippen molar-refractivity contribution in [2.45, 2.75) is 13.0 Å². The summed E-state index contributed by atoms with van der Waals surface area (Å²) in [7, 11) is 0. The minimum atomic E-state index is 0. The SMILES string of the molecule is Cl.N=C(N)CCn1ccc2ccccc21. The van der Waals surface area contributed by atoms with Crippen molar-refractivity contribution in [1.29, 1.82) is 5.41 Å². The molecule has 0 spiro atoms. The maximum absolute atomic E-state index is 7.17. The van der Waals surface area contributed by atoms with Crippen LogP contribution in [0, 0.1) is 5.41 Å². The molecular formula is C11H14ClN3. The zero-order valence-corrected chi connectivity index (χ0v) is 9.13. The number of benzene rings is 1. The van der Waals surface area contributed by atoms with Gasteiger partial charge in [0.05, 0.1) is 5.84 Å². The third kappa shape index (κ3) is 2.50. The largest absolute Gasteiger partial charge is 0.388 e. The molecule has 0 aliphatic carbocycles. The lowest BCUT2D eigenvalue weighted by Gasteiger charge is -2.03. The molecule has 0 saturated carbocycles. The molecule has 0 bridgehead atoms. The van der Waals surface area contributed by atoms with Crippen molar-refractivity contribution in [1.82, 2.24) is 4.57 Å². The number of nitrogens with zero attached hydrogens (tertiary/aromatic N) is 1. The molecule has 0 aliphatic rings. The smallest absolute Gasteiger partial charge is 0.0923 e. The van der Waals surface area contributed by atoms with E-state index < -0.39 is 0 Å². The van der Waals surface area contributed by atoms with Crippen LogP contribution in [0.15, 0.2) is 36.5 Å². The molecule has 2 aromatic rings. The lowest BCUT2D eigenvalue weighted by Crippen LogP contribution is -2.12. The maximum Gasteiger partial charge on any atom is 0.0923 e. The molecule has 0 unspecified atom stereocenters. The number of para-hydroxylation sites is 1. The highest BCUT2D eigenvalue weighted by Gasteiger charge is 1.99. The van der Waals surface area contributed by atoms with Gasteiger partial charge in [-0.1, -0.05) is 18.2 Å². The summed E-state index contributed by atoms with van der Waals surface area (Å²) in [5, 5.41) is 8.40. The molecular weight excluding hydrogens is 210 g/mol. The highest BCUT2D eigenvalue weighted by atomic mass is 35.5. The molecule has 0 saturated heterocycles. The first-order valence-corrected chi connectivity index (χ1v) is 4.64. The second-order valence-corrected chi connectivity index (χ2v) is 3.34. The molecule has 1 heterocycles. The Labute approximate surface area is 94.8 Å². The van der Waals surface area contributed by atoms with E-state index in [1.54, 1.807) is 0 Å². The fraction of sp³-hybridized carbons (Fsp3) is 0.182. The minimum absolute atomic E-state index is 0. The van der Waals surface area contributed by atoms with Gasteiger partial charge >= 0.3 is 0 Å². The van der Waals surface area contributed by atoms with Crippen molar-refractivity contribution >= 4 is 29.1 Å². The van der Waals surface area contributed by atoms with Crippen LogP contribution in [0.4, 0.5) is 0 Å². The standard InChI is InChI=1S/C11H13N3.ClH/c12-11(13)6-8-14-7-5-9-3-1-2-4-10(9)14;/h1-5,7H,6,8H2,(H3,12,13);1H. The Morgan fingerprint density at radius 2 is 2.00 bits per heavy atom. The van der Waals surface area contributed by atoms with Crippen LogP contribution in [0.1, 0.15) is 6.42 Å². The lowest BCUT2D eigenvalue weighted by atomic mass is 10.2. The number of nitrogens with one attached hydrogen (secondary N) is 1. The zero-order valence-electron chi connectivity index (χ0n) is 8.31. The van der Waals surface area contributed by atoms with Crippen molar-refractivity contribution in [3.8, 4) is 0 Å². The topological polar surface area (TPSA) is 54.8 Å². The first kappa shape index (κ1) is 11.6. The van der Waals surface area contributed by atoms with Crippen LogP contribution in [-0.4, -0.2) is 10.4 Å². The molecule has 0 atom stereocenters. The number of hydrogen-bond acceptors (Lipinski definition) is 1. The number of nitrogens with two attached hydrogens (primary N) is 1. The maximum atomic E-state index is 7.17. The molecule has 0 amide bonds. The molecule has 15 heavy (non-hydrogen) atoms. The summed E-state index contributed by atoms with van der Waals surface area (Å²) in [6, 6.07) is 10.3. The molecule has 4 heteroatoms. The van der Waals surface area contributed by atoms with Crippen LogP contribution in [0.25, 0.3) is 10.9 Å². The second-order valence-electron chi connectivity index (χ2n) is 3.34. The van der Waals surface area contributed by atoms with Crippen LogP contribution < -0.4 is 5.73 Å². The number of aryl methyl sites for hydroxylation is 1. The van der Waals surface area contributed by atoms with Gasteiger partial charge in [-0.25, -0.2) is 0 Å². The predicted octanol–water partition coefficient (Wildman–Crippen LogP) is 2.39. The minimum Gasteiger partial charge on any atom is -0.388 e. The Morgan fingerprint density at radius 1 is 1.27 bits per heavy atom. The van der Waals surface area contributed by atoms with E-state index in [9.17, 15) is 0 Å². The summed E-state index contributed by atoms with van der Waals surface area (Å²) in [6.45, 7) is 0.781. The van der Waals surface area contributed by atoms with Crippen LogP contribution in [0.3, 0.4) is 0 Å². The number of rotatable bonds is 3. The van der Waals surface area contributed by atoms with Crippen molar-refractivity contribution in [3.05, 3.63) is 36.5 Å². The van der Waals surface area contributed by atoms with E-state index in [1.807, 2.05) is 18.3 Å². The van der Waals surface area contributed by atoms with Gasteiger partial charge in [0.2, 0.25) is 0 Å². The van der Waals surface area contributed by atoms with Gasteiger partial charge in [-0.15, -0.1) is 12.4 Å². The Balaban J connectivity index is 0.00000112. The van der Waals surface area contributed by atoms with Gasteiger partial charge in [-0.2, -0.15) is 0 Å². The van der Waals surface area contributed by atoms with Crippen molar-refractivity contribution in [2.24, 2.45) is 5.73 Å². The molecule has 1 aromatic heterocycles. The second kappa shape index (κ2) is 4.84. The van der Waals surface area contributed by atoms with E-state index in [1.165, 1.54) is 10.9 Å². The van der Waals surface area contributed by atoms with E-state index >= 15 is 0 Å². The first-order chi connectivity index (χ1) is 6.77. The van der Waals surface area contributed by atoms with Crippen LogP contribution in [0.5, 0.6) is 0 Å². The number of amidine groups is 1. The van der Waals surface area contributed by atoms with Gasteiger partial charge in [0.1, 0.15) is 0 Å². The van der Waals surface area contributed by atoms with Gasteiger partial charge in [0.15, 0.2) is 0 Å². The third-order valence-electron chi connectivity index (χ3n) is 2.30. The van der Waals surface area contributed by atoms with Gasteiger partial charge in [-0.3, -0.25) is 5.41 Å². The van der Waals surface area contributed by atoms with Gasteiger partial charge < -0.3 is 10.3 Å². The summed E-state index contributed by atoms with van der Waals surface area (Å²) in [4.78, 5) is 0. The van der Waals surface area contributed by atoms with Crippen LogP contribution >= 0.6 is 12.4 Å². The molecule has 2 rings (SSSR count). The Kier molecular flexibility index (Phi) is 3.74. The fourth-order valence-corrected chi connectivity index (χ4v) is 1.58. The quantitative estimate of drug-likeness (QED) is 0.609. The first-order valence-electron chi connectivity index (χ1n) is 4.64. The molecule has 1 aromatic carbocycles. The molecule has 0 aliphatic heterocycles. The monoisotopic (exact) mass is 223 g/mol. The van der Waals surface area contributed by atoms with Crippen molar-refractivity contribution in [2.75, 3.05) is 0 Å². The van der Waals surface area contributed by atoms with Crippen LogP contribution in [-0.2, 0) is 6.54 Å². The number of aromatic nitrogens is 1. The molecule has 0 fully saturated rings. The molecule has 80 valence electrons. The zero-order chi connectivity index (χ0) is 9.97.